The van der Waals surface area contributed by atoms with E-state index in [1.807, 2.05) is 49.4 Å². The number of carbonyl (C=O) groups excluding carboxylic acids is 1. The van der Waals surface area contributed by atoms with Crippen LogP contribution < -0.4 is 14.8 Å². The number of hydrogen-bond acceptors (Lipinski definition) is 4. The summed E-state index contributed by atoms with van der Waals surface area (Å²) in [6, 6.07) is 29.8. The lowest BCUT2D eigenvalue weighted by Gasteiger charge is -2.12. The van der Waals surface area contributed by atoms with Crippen LogP contribution in [0.25, 0.3) is 0 Å². The van der Waals surface area contributed by atoms with Crippen LogP contribution in [0.3, 0.4) is 0 Å². The molecule has 7 heteroatoms. The van der Waals surface area contributed by atoms with Gasteiger partial charge < -0.3 is 10.1 Å². The van der Waals surface area contributed by atoms with E-state index >= 15 is 0 Å². The zero-order chi connectivity index (χ0) is 24.0. The highest BCUT2D eigenvalue weighted by molar-refractivity contribution is 7.92. The highest BCUT2D eigenvalue weighted by atomic mass is 32.2. The average molecular weight is 473 g/mol. The molecule has 0 atom stereocenters. The number of amides is 1. The van der Waals surface area contributed by atoms with Gasteiger partial charge in [0.2, 0.25) is 0 Å². The highest BCUT2D eigenvalue weighted by Crippen LogP contribution is 2.20. The number of anilines is 2. The summed E-state index contributed by atoms with van der Waals surface area (Å²) in [6.45, 7) is 2.15. The molecule has 0 aliphatic carbocycles. The maximum atomic E-state index is 12.9. The first-order valence-electron chi connectivity index (χ1n) is 10.7. The van der Waals surface area contributed by atoms with Crippen LogP contribution in [0.1, 0.15) is 21.5 Å². The number of hydrogen-bond donors (Lipinski definition) is 2. The minimum atomic E-state index is -3.70. The van der Waals surface area contributed by atoms with E-state index in [9.17, 15) is 13.2 Å². The number of ether oxygens (including phenoxy) is 1. The Kier molecular flexibility index (Phi) is 6.94. The molecular formula is C27H24N2O4S. The molecule has 34 heavy (non-hydrogen) atoms. The third-order valence-corrected chi connectivity index (χ3v) is 6.52. The fourth-order valence-electron chi connectivity index (χ4n) is 3.30. The van der Waals surface area contributed by atoms with Crippen molar-refractivity contribution in [2.24, 2.45) is 0 Å². The molecule has 6 nitrogen and oxygen atoms in total. The third-order valence-electron chi connectivity index (χ3n) is 5.13. The van der Waals surface area contributed by atoms with E-state index in [4.69, 9.17) is 4.74 Å². The molecular weight excluding hydrogens is 448 g/mol. The van der Waals surface area contributed by atoms with Gasteiger partial charge in [0.15, 0.2) is 0 Å². The first-order chi connectivity index (χ1) is 16.4. The second kappa shape index (κ2) is 10.2. The molecule has 0 unspecified atom stereocenters. The van der Waals surface area contributed by atoms with Crippen LogP contribution in [0.4, 0.5) is 11.4 Å². The predicted molar refractivity (Wildman–Crippen MR) is 134 cm³/mol. The van der Waals surface area contributed by atoms with E-state index in [1.165, 1.54) is 0 Å². The van der Waals surface area contributed by atoms with Crippen molar-refractivity contribution in [3.63, 3.8) is 0 Å². The van der Waals surface area contributed by atoms with Crippen LogP contribution in [0, 0.1) is 6.92 Å². The maximum absolute atomic E-state index is 12.9. The summed E-state index contributed by atoms with van der Waals surface area (Å²) in [4.78, 5) is 13.1. The van der Waals surface area contributed by atoms with E-state index in [1.54, 1.807) is 60.7 Å². The van der Waals surface area contributed by atoms with Gasteiger partial charge in [-0.2, -0.15) is 0 Å². The predicted octanol–water partition coefficient (Wildman–Crippen LogP) is 5.63. The first-order valence-corrected chi connectivity index (χ1v) is 12.2. The number of carbonyl (C=O) groups is 1. The fraction of sp³-hybridized carbons (Fsp3) is 0.0741. The molecule has 0 bridgehead atoms. The van der Waals surface area contributed by atoms with Crippen molar-refractivity contribution in [2.75, 3.05) is 10.0 Å². The molecule has 172 valence electrons. The SMILES string of the molecule is Cc1ccc(S(=O)(=O)Nc2ccc(NC(=O)c3ccccc3COc3ccccc3)cc2)cc1. The van der Waals surface area contributed by atoms with Gasteiger partial charge in [0.25, 0.3) is 15.9 Å². The maximum Gasteiger partial charge on any atom is 0.261 e. The zero-order valence-electron chi connectivity index (χ0n) is 18.6. The van der Waals surface area contributed by atoms with Crippen molar-refractivity contribution in [1.29, 1.82) is 0 Å². The Morgan fingerprint density at radius 3 is 2.09 bits per heavy atom. The number of benzene rings is 4. The van der Waals surface area contributed by atoms with Crippen molar-refractivity contribution in [3.8, 4) is 5.75 Å². The van der Waals surface area contributed by atoms with Crippen LogP contribution in [0.15, 0.2) is 108 Å². The monoisotopic (exact) mass is 472 g/mol. The van der Waals surface area contributed by atoms with E-state index in [0.29, 0.717) is 16.9 Å². The Hall–Kier alpha value is -4.10. The Balaban J connectivity index is 1.42. The van der Waals surface area contributed by atoms with E-state index in [0.717, 1.165) is 16.9 Å². The number of para-hydroxylation sites is 1. The third kappa shape index (κ3) is 5.82. The van der Waals surface area contributed by atoms with Crippen molar-refractivity contribution < 1.29 is 17.9 Å². The number of aryl methyl sites for hydroxylation is 1. The van der Waals surface area contributed by atoms with Gasteiger partial charge in [0, 0.05) is 22.5 Å². The lowest BCUT2D eigenvalue weighted by molar-refractivity contribution is 0.102. The summed E-state index contributed by atoms with van der Waals surface area (Å²) >= 11 is 0. The summed E-state index contributed by atoms with van der Waals surface area (Å²) in [5.74, 6) is 0.446. The van der Waals surface area contributed by atoms with Gasteiger partial charge in [-0.25, -0.2) is 8.42 Å². The Bertz CT molecular complexity index is 1370. The second-order valence-corrected chi connectivity index (χ2v) is 9.39. The molecule has 4 aromatic rings. The normalized spacial score (nSPS) is 11.0. The smallest absolute Gasteiger partial charge is 0.261 e. The van der Waals surface area contributed by atoms with Crippen LogP contribution in [-0.2, 0) is 16.6 Å². The molecule has 0 aromatic heterocycles. The van der Waals surface area contributed by atoms with Crippen molar-refractivity contribution in [1.82, 2.24) is 0 Å². The molecule has 0 aliphatic heterocycles. The quantitative estimate of drug-likeness (QED) is 0.348. The molecule has 0 saturated carbocycles. The summed E-state index contributed by atoms with van der Waals surface area (Å²) in [5, 5.41) is 2.85. The van der Waals surface area contributed by atoms with Crippen molar-refractivity contribution in [2.45, 2.75) is 18.4 Å². The minimum absolute atomic E-state index is 0.185. The van der Waals surface area contributed by atoms with Crippen LogP contribution in [0.2, 0.25) is 0 Å². The molecule has 2 N–H and O–H groups in total. The average Bonchev–Trinajstić information content (AvgIpc) is 2.85. The number of rotatable bonds is 8. The largest absolute Gasteiger partial charge is 0.489 e. The molecule has 0 fully saturated rings. The summed E-state index contributed by atoms with van der Waals surface area (Å²) in [5.41, 5.74) is 3.18. The summed E-state index contributed by atoms with van der Waals surface area (Å²) in [6.07, 6.45) is 0. The lowest BCUT2D eigenvalue weighted by Crippen LogP contribution is -2.15. The van der Waals surface area contributed by atoms with Crippen LogP contribution in [-0.4, -0.2) is 14.3 Å². The minimum Gasteiger partial charge on any atom is -0.489 e. The summed E-state index contributed by atoms with van der Waals surface area (Å²) < 4.78 is 33.5. The van der Waals surface area contributed by atoms with Gasteiger partial charge in [0.1, 0.15) is 12.4 Å². The van der Waals surface area contributed by atoms with Gasteiger partial charge in [-0.1, -0.05) is 54.1 Å². The summed E-state index contributed by atoms with van der Waals surface area (Å²) in [7, 11) is -3.70. The molecule has 4 aromatic carbocycles. The van der Waals surface area contributed by atoms with Gasteiger partial charge in [-0.3, -0.25) is 9.52 Å². The Labute approximate surface area is 199 Å². The Morgan fingerprint density at radius 1 is 0.765 bits per heavy atom. The second-order valence-electron chi connectivity index (χ2n) is 7.71. The van der Waals surface area contributed by atoms with Gasteiger partial charge in [-0.15, -0.1) is 0 Å². The zero-order valence-corrected chi connectivity index (χ0v) is 19.4. The highest BCUT2D eigenvalue weighted by Gasteiger charge is 2.15. The van der Waals surface area contributed by atoms with Gasteiger partial charge >= 0.3 is 0 Å². The number of sulfonamides is 1. The number of nitrogens with one attached hydrogen (secondary N) is 2. The molecule has 0 radical (unpaired) electrons. The van der Waals surface area contributed by atoms with E-state index < -0.39 is 10.0 Å². The molecule has 0 saturated heterocycles. The first kappa shape index (κ1) is 23.1. The lowest BCUT2D eigenvalue weighted by atomic mass is 10.1. The molecule has 0 aliphatic rings. The molecule has 0 heterocycles. The van der Waals surface area contributed by atoms with Gasteiger partial charge in [0.05, 0.1) is 4.90 Å². The van der Waals surface area contributed by atoms with E-state index in [2.05, 4.69) is 10.0 Å². The molecule has 0 spiro atoms. The molecule has 1 amide bonds. The van der Waals surface area contributed by atoms with Crippen molar-refractivity contribution >= 4 is 27.3 Å². The van der Waals surface area contributed by atoms with Crippen molar-refractivity contribution in [3.05, 3.63) is 120 Å². The van der Waals surface area contributed by atoms with E-state index in [-0.39, 0.29) is 17.4 Å². The molecule has 4 rings (SSSR count). The van der Waals surface area contributed by atoms with Crippen LogP contribution >= 0.6 is 0 Å². The fourth-order valence-corrected chi connectivity index (χ4v) is 4.36. The van der Waals surface area contributed by atoms with Gasteiger partial charge in [-0.05, 0) is 61.5 Å². The standard InChI is InChI=1S/C27H24N2O4S/c1-20-11-17-25(18-12-20)34(31,32)29-23-15-13-22(14-16-23)28-27(30)26-10-6-5-7-21(26)19-33-24-8-3-2-4-9-24/h2-18,29H,19H2,1H3,(H,28,30). The topological polar surface area (TPSA) is 84.5 Å². The Morgan fingerprint density at radius 2 is 1.38 bits per heavy atom. The van der Waals surface area contributed by atoms with Crippen LogP contribution in [0.5, 0.6) is 5.75 Å².